The molecular formula is C13H19N3O3. The van der Waals surface area contributed by atoms with E-state index < -0.39 is 11.9 Å². The second kappa shape index (κ2) is 6.72. The molecule has 0 aliphatic rings. The van der Waals surface area contributed by atoms with Crippen molar-refractivity contribution in [1.82, 2.24) is 4.98 Å². The van der Waals surface area contributed by atoms with E-state index in [-0.39, 0.29) is 12.5 Å². The molecule has 0 aliphatic heterocycles. The first-order valence-electron chi connectivity index (χ1n) is 6.16. The number of amides is 1. The van der Waals surface area contributed by atoms with Gasteiger partial charge in [-0.15, -0.1) is 0 Å². The molecule has 0 unspecified atom stereocenters. The lowest BCUT2D eigenvalue weighted by molar-refractivity contribution is -0.137. The third-order valence-electron chi connectivity index (χ3n) is 2.74. The highest BCUT2D eigenvalue weighted by Gasteiger charge is 2.13. The molecule has 0 spiro atoms. The first kappa shape index (κ1) is 14.9. The molecule has 0 atom stereocenters. The number of anilines is 1. The van der Waals surface area contributed by atoms with Crippen molar-refractivity contribution in [3.8, 4) is 0 Å². The largest absolute Gasteiger partial charge is 0.481 e. The molecule has 0 saturated heterocycles. The van der Waals surface area contributed by atoms with Crippen molar-refractivity contribution >= 4 is 17.7 Å². The van der Waals surface area contributed by atoms with Crippen molar-refractivity contribution in [1.29, 1.82) is 0 Å². The molecule has 0 aromatic carbocycles. The number of hydrogen-bond acceptors (Lipinski definition) is 4. The maximum absolute atomic E-state index is 11.1. The molecule has 1 rings (SSSR count). The van der Waals surface area contributed by atoms with Crippen LogP contribution in [0, 0.1) is 0 Å². The minimum Gasteiger partial charge on any atom is -0.481 e. The Bertz CT molecular complexity index is 460. The monoisotopic (exact) mass is 265 g/mol. The Balaban J connectivity index is 2.83. The predicted octanol–water partition coefficient (Wildman–Crippen LogP) is 1.26. The van der Waals surface area contributed by atoms with Gasteiger partial charge in [0, 0.05) is 30.8 Å². The van der Waals surface area contributed by atoms with Gasteiger partial charge in [-0.1, -0.05) is 0 Å². The highest BCUT2D eigenvalue weighted by atomic mass is 16.4. The summed E-state index contributed by atoms with van der Waals surface area (Å²) in [5, 5.41) is 8.66. The summed E-state index contributed by atoms with van der Waals surface area (Å²) in [6.07, 6.45) is 2.16. The third kappa shape index (κ3) is 4.57. The van der Waals surface area contributed by atoms with E-state index in [0.717, 1.165) is 0 Å². The van der Waals surface area contributed by atoms with Gasteiger partial charge in [-0.2, -0.15) is 0 Å². The molecule has 0 aliphatic carbocycles. The lowest BCUT2D eigenvalue weighted by atomic mass is 10.2. The van der Waals surface area contributed by atoms with Gasteiger partial charge >= 0.3 is 5.97 Å². The van der Waals surface area contributed by atoms with E-state index in [2.05, 4.69) is 4.98 Å². The zero-order valence-corrected chi connectivity index (χ0v) is 11.2. The van der Waals surface area contributed by atoms with Crippen LogP contribution in [-0.2, 0) is 4.79 Å². The van der Waals surface area contributed by atoms with E-state index in [9.17, 15) is 9.59 Å². The van der Waals surface area contributed by atoms with E-state index in [4.69, 9.17) is 10.8 Å². The molecule has 1 amide bonds. The van der Waals surface area contributed by atoms with Crippen molar-refractivity contribution in [3.63, 3.8) is 0 Å². The summed E-state index contributed by atoms with van der Waals surface area (Å²) < 4.78 is 0. The van der Waals surface area contributed by atoms with Crippen LogP contribution in [0.15, 0.2) is 18.3 Å². The number of carbonyl (C=O) groups is 2. The lowest BCUT2D eigenvalue weighted by Crippen LogP contribution is -2.33. The molecular weight excluding hydrogens is 246 g/mol. The predicted molar refractivity (Wildman–Crippen MR) is 72.1 cm³/mol. The summed E-state index contributed by atoms with van der Waals surface area (Å²) >= 11 is 0. The number of aromatic nitrogens is 1. The van der Waals surface area contributed by atoms with Crippen molar-refractivity contribution in [3.05, 3.63) is 23.9 Å². The van der Waals surface area contributed by atoms with Gasteiger partial charge in [-0.3, -0.25) is 9.59 Å². The number of nitrogens with two attached hydrogens (primary N) is 1. The lowest BCUT2D eigenvalue weighted by Gasteiger charge is -2.27. The average molecular weight is 265 g/mol. The van der Waals surface area contributed by atoms with Crippen LogP contribution in [0.2, 0.25) is 0 Å². The Hall–Kier alpha value is -2.11. The van der Waals surface area contributed by atoms with Crippen LogP contribution in [-0.4, -0.2) is 34.6 Å². The SMILES string of the molecule is CC(C)N(CCCC(=O)O)c1cc(C(N)=O)ccn1. The fraction of sp³-hybridized carbons (Fsp3) is 0.462. The summed E-state index contributed by atoms with van der Waals surface area (Å²) in [7, 11) is 0. The molecule has 6 heteroatoms. The molecule has 0 bridgehead atoms. The Morgan fingerprint density at radius 1 is 1.47 bits per heavy atom. The molecule has 0 fully saturated rings. The van der Waals surface area contributed by atoms with Crippen molar-refractivity contribution in [2.45, 2.75) is 32.7 Å². The standard InChI is InChI=1S/C13H19N3O3/c1-9(2)16(7-3-4-12(17)18)11-8-10(13(14)19)5-6-15-11/h5-6,8-9H,3-4,7H2,1-2H3,(H2,14,19)(H,17,18). The number of rotatable bonds is 7. The van der Waals surface area contributed by atoms with Crippen molar-refractivity contribution < 1.29 is 14.7 Å². The van der Waals surface area contributed by atoms with Crippen LogP contribution in [0.1, 0.15) is 37.0 Å². The average Bonchev–Trinajstić information content (AvgIpc) is 2.34. The van der Waals surface area contributed by atoms with Gasteiger partial charge in [0.15, 0.2) is 0 Å². The fourth-order valence-electron chi connectivity index (χ4n) is 1.77. The van der Waals surface area contributed by atoms with Crippen molar-refractivity contribution in [2.75, 3.05) is 11.4 Å². The quantitative estimate of drug-likeness (QED) is 0.773. The van der Waals surface area contributed by atoms with E-state index in [1.807, 2.05) is 18.7 Å². The van der Waals surface area contributed by atoms with Gasteiger partial charge in [-0.25, -0.2) is 4.98 Å². The smallest absolute Gasteiger partial charge is 0.303 e. The van der Waals surface area contributed by atoms with Crippen LogP contribution in [0.25, 0.3) is 0 Å². The number of pyridine rings is 1. The van der Waals surface area contributed by atoms with Crippen molar-refractivity contribution in [2.24, 2.45) is 5.73 Å². The number of carbonyl (C=O) groups excluding carboxylic acids is 1. The number of carboxylic acids is 1. The molecule has 19 heavy (non-hydrogen) atoms. The number of hydrogen-bond donors (Lipinski definition) is 2. The molecule has 0 radical (unpaired) electrons. The molecule has 3 N–H and O–H groups in total. The summed E-state index contributed by atoms with van der Waals surface area (Å²) in [6.45, 7) is 4.54. The van der Waals surface area contributed by atoms with Crippen LogP contribution in [0.3, 0.4) is 0 Å². The molecule has 1 aromatic heterocycles. The van der Waals surface area contributed by atoms with Crippen LogP contribution in [0.4, 0.5) is 5.82 Å². The topological polar surface area (TPSA) is 96.5 Å². The van der Waals surface area contributed by atoms with E-state index >= 15 is 0 Å². The van der Waals surface area contributed by atoms with Gasteiger partial charge in [0.2, 0.25) is 5.91 Å². The minimum absolute atomic E-state index is 0.110. The van der Waals surface area contributed by atoms with Crippen LogP contribution < -0.4 is 10.6 Å². The van der Waals surface area contributed by atoms with Gasteiger partial charge < -0.3 is 15.7 Å². The second-order valence-electron chi connectivity index (χ2n) is 4.55. The number of carboxylic acid groups (broad SMARTS) is 1. The number of nitrogens with zero attached hydrogens (tertiary/aromatic N) is 2. The number of aliphatic carboxylic acids is 1. The highest BCUT2D eigenvalue weighted by Crippen LogP contribution is 2.16. The third-order valence-corrected chi connectivity index (χ3v) is 2.74. The first-order chi connectivity index (χ1) is 8.91. The second-order valence-corrected chi connectivity index (χ2v) is 4.55. The summed E-state index contributed by atoms with van der Waals surface area (Å²) in [5.41, 5.74) is 5.63. The van der Waals surface area contributed by atoms with E-state index in [1.165, 1.54) is 6.20 Å². The maximum Gasteiger partial charge on any atom is 0.303 e. The Morgan fingerprint density at radius 2 is 2.16 bits per heavy atom. The Labute approximate surface area is 112 Å². The zero-order chi connectivity index (χ0) is 14.4. The summed E-state index contributed by atoms with van der Waals surface area (Å²) in [4.78, 5) is 27.8. The van der Waals surface area contributed by atoms with Crippen LogP contribution in [0.5, 0.6) is 0 Å². The zero-order valence-electron chi connectivity index (χ0n) is 11.2. The number of primary amides is 1. The van der Waals surface area contributed by atoms with Gasteiger partial charge in [-0.05, 0) is 32.4 Å². The normalized spacial score (nSPS) is 10.5. The molecule has 1 heterocycles. The highest BCUT2D eigenvalue weighted by molar-refractivity contribution is 5.93. The molecule has 0 saturated carbocycles. The van der Waals surface area contributed by atoms with Gasteiger partial charge in [0.25, 0.3) is 0 Å². The van der Waals surface area contributed by atoms with Crippen LogP contribution >= 0.6 is 0 Å². The van der Waals surface area contributed by atoms with E-state index in [1.54, 1.807) is 12.1 Å². The Morgan fingerprint density at radius 3 is 2.68 bits per heavy atom. The molecule has 104 valence electrons. The Kier molecular flexibility index (Phi) is 5.29. The summed E-state index contributed by atoms with van der Waals surface area (Å²) in [6, 6.07) is 3.34. The fourth-order valence-corrected chi connectivity index (χ4v) is 1.77. The van der Waals surface area contributed by atoms with Gasteiger partial charge in [0.05, 0.1) is 0 Å². The summed E-state index contributed by atoms with van der Waals surface area (Å²) in [5.74, 6) is -0.683. The molecule has 6 nitrogen and oxygen atoms in total. The molecule has 1 aromatic rings. The first-order valence-corrected chi connectivity index (χ1v) is 6.16. The minimum atomic E-state index is -0.817. The van der Waals surface area contributed by atoms with E-state index in [0.29, 0.717) is 24.3 Å². The maximum atomic E-state index is 11.1. The van der Waals surface area contributed by atoms with Gasteiger partial charge in [0.1, 0.15) is 5.82 Å².